The van der Waals surface area contributed by atoms with Crippen LogP contribution < -0.4 is 0 Å². The maximum atomic E-state index is 13.0. The van der Waals surface area contributed by atoms with Crippen molar-refractivity contribution in [1.82, 2.24) is 24.5 Å². The maximum Gasteiger partial charge on any atom is 0.289 e. The molecule has 7 nitrogen and oxygen atoms in total. The molecule has 0 fully saturated rings. The summed E-state index contributed by atoms with van der Waals surface area (Å²) < 4.78 is 22.1. The second kappa shape index (κ2) is 7.51. The number of nitrogens with zero attached hydrogens (tertiary/aromatic N) is 5. The summed E-state index contributed by atoms with van der Waals surface area (Å²) in [4.78, 5) is 14.2. The van der Waals surface area contributed by atoms with Gasteiger partial charge in [-0.15, -0.1) is 0 Å². The van der Waals surface area contributed by atoms with Crippen molar-refractivity contribution < 1.29 is 13.6 Å². The number of halogens is 1. The van der Waals surface area contributed by atoms with Crippen LogP contribution in [0.2, 0.25) is 0 Å². The lowest BCUT2D eigenvalue weighted by molar-refractivity contribution is 0.0751. The van der Waals surface area contributed by atoms with E-state index in [9.17, 15) is 9.18 Å². The molecule has 3 heterocycles. The monoisotopic (exact) mass is 379 g/mol. The highest BCUT2D eigenvalue weighted by atomic mass is 19.1. The predicted molar refractivity (Wildman–Crippen MR) is 99.4 cm³/mol. The van der Waals surface area contributed by atoms with Crippen molar-refractivity contribution in [3.63, 3.8) is 0 Å². The van der Waals surface area contributed by atoms with Crippen LogP contribution in [0, 0.1) is 5.82 Å². The third-order valence-electron chi connectivity index (χ3n) is 4.24. The van der Waals surface area contributed by atoms with Gasteiger partial charge < -0.3 is 9.32 Å². The number of amides is 1. The lowest BCUT2D eigenvalue weighted by Gasteiger charge is -2.14. The van der Waals surface area contributed by atoms with Gasteiger partial charge in [-0.1, -0.05) is 0 Å². The Morgan fingerprint density at radius 1 is 1.18 bits per heavy atom. The summed E-state index contributed by atoms with van der Waals surface area (Å²) in [5.74, 6) is 0.410. The fourth-order valence-corrected chi connectivity index (χ4v) is 2.84. The van der Waals surface area contributed by atoms with E-state index in [-0.39, 0.29) is 17.5 Å². The molecule has 0 aliphatic rings. The second-order valence-corrected chi connectivity index (χ2v) is 6.40. The molecular weight excluding hydrogens is 361 g/mol. The number of rotatable bonds is 6. The number of hydrogen-bond acceptors (Lipinski definition) is 4. The van der Waals surface area contributed by atoms with Crippen molar-refractivity contribution in [2.45, 2.75) is 13.1 Å². The van der Waals surface area contributed by atoms with E-state index in [1.807, 2.05) is 18.5 Å². The molecule has 142 valence electrons. The largest absolute Gasteiger partial charge is 0.454 e. The summed E-state index contributed by atoms with van der Waals surface area (Å²) in [6.45, 7) is 0.837. The smallest absolute Gasteiger partial charge is 0.289 e. The zero-order valence-electron chi connectivity index (χ0n) is 15.2. The minimum Gasteiger partial charge on any atom is -0.454 e. The highest BCUT2D eigenvalue weighted by molar-refractivity contribution is 5.91. The summed E-state index contributed by atoms with van der Waals surface area (Å²) in [6, 6.07) is 11.3. The fraction of sp³-hybridized carbons (Fsp3) is 0.150. The normalized spacial score (nSPS) is 10.9. The minimum absolute atomic E-state index is 0.221. The Morgan fingerprint density at radius 3 is 2.75 bits per heavy atom. The van der Waals surface area contributed by atoms with Gasteiger partial charge in [-0.05, 0) is 42.5 Å². The van der Waals surface area contributed by atoms with Crippen LogP contribution in [0.3, 0.4) is 0 Å². The molecule has 4 rings (SSSR count). The van der Waals surface area contributed by atoms with Crippen LogP contribution in [0.15, 0.2) is 71.7 Å². The number of carbonyl (C=O) groups is 1. The Bertz CT molecular complexity index is 1070. The van der Waals surface area contributed by atoms with Crippen LogP contribution in [0.4, 0.5) is 4.39 Å². The maximum absolute atomic E-state index is 13.0. The minimum atomic E-state index is -0.299. The summed E-state index contributed by atoms with van der Waals surface area (Å²) in [5, 5.41) is 8.39. The molecule has 0 spiro atoms. The van der Waals surface area contributed by atoms with E-state index < -0.39 is 0 Å². The Hall–Kier alpha value is -3.68. The summed E-state index contributed by atoms with van der Waals surface area (Å²) in [6.07, 6.45) is 7.00. The number of carbonyl (C=O) groups excluding carboxylic acids is 1. The first-order chi connectivity index (χ1) is 13.6. The molecule has 0 atom stereocenters. The highest BCUT2D eigenvalue weighted by Crippen LogP contribution is 2.14. The van der Waals surface area contributed by atoms with E-state index in [4.69, 9.17) is 4.42 Å². The Balaban J connectivity index is 1.41. The van der Waals surface area contributed by atoms with Crippen LogP contribution in [0.25, 0.3) is 5.69 Å². The zero-order chi connectivity index (χ0) is 19.5. The molecule has 28 heavy (non-hydrogen) atoms. The van der Waals surface area contributed by atoms with E-state index in [1.54, 1.807) is 58.0 Å². The summed E-state index contributed by atoms with van der Waals surface area (Å²) >= 11 is 0. The van der Waals surface area contributed by atoms with E-state index >= 15 is 0 Å². The molecule has 3 aromatic heterocycles. The molecular formula is C20H18FN5O2. The lowest BCUT2D eigenvalue weighted by atomic mass is 10.3. The Labute approximate surface area is 160 Å². The molecule has 1 amide bonds. The van der Waals surface area contributed by atoms with Crippen molar-refractivity contribution in [3.8, 4) is 5.69 Å². The molecule has 0 saturated carbocycles. The molecule has 0 unspecified atom stereocenters. The predicted octanol–water partition coefficient (Wildman–Crippen LogP) is 3.12. The van der Waals surface area contributed by atoms with Crippen molar-refractivity contribution in [1.29, 1.82) is 0 Å². The first-order valence-corrected chi connectivity index (χ1v) is 8.69. The van der Waals surface area contributed by atoms with E-state index in [1.165, 1.54) is 12.1 Å². The van der Waals surface area contributed by atoms with Gasteiger partial charge in [0.15, 0.2) is 5.76 Å². The van der Waals surface area contributed by atoms with E-state index in [0.717, 1.165) is 11.3 Å². The third-order valence-corrected chi connectivity index (χ3v) is 4.24. The Kier molecular flexibility index (Phi) is 4.76. The highest BCUT2D eigenvalue weighted by Gasteiger charge is 2.17. The number of hydrogen-bond donors (Lipinski definition) is 0. The first kappa shape index (κ1) is 17.7. The SMILES string of the molecule is CN(Cc1cnn(-c2ccc(F)cc2)c1)C(=O)c1ccc(Cn2cccn2)o1. The molecule has 0 saturated heterocycles. The van der Waals surface area contributed by atoms with Gasteiger partial charge in [-0.3, -0.25) is 9.48 Å². The standard InChI is InChI=1S/C20H18FN5O2/c1-24(12-15-11-23-26(13-15)17-5-3-16(21)4-6-17)20(27)19-8-7-18(28-19)14-25-10-2-9-22-25/h2-11,13H,12,14H2,1H3. The summed E-state index contributed by atoms with van der Waals surface area (Å²) in [5.41, 5.74) is 1.60. The van der Waals surface area contributed by atoms with Gasteiger partial charge in [0.25, 0.3) is 5.91 Å². The van der Waals surface area contributed by atoms with Crippen LogP contribution in [0.1, 0.15) is 21.9 Å². The van der Waals surface area contributed by atoms with Gasteiger partial charge in [-0.2, -0.15) is 10.2 Å². The lowest BCUT2D eigenvalue weighted by Crippen LogP contribution is -2.25. The average molecular weight is 379 g/mol. The molecule has 0 aliphatic carbocycles. The molecule has 0 radical (unpaired) electrons. The number of furan rings is 1. The molecule has 0 N–H and O–H groups in total. The topological polar surface area (TPSA) is 69.1 Å². The van der Waals surface area contributed by atoms with Crippen LogP contribution in [-0.4, -0.2) is 37.4 Å². The zero-order valence-corrected chi connectivity index (χ0v) is 15.2. The number of aromatic nitrogens is 4. The first-order valence-electron chi connectivity index (χ1n) is 8.69. The van der Waals surface area contributed by atoms with E-state index in [2.05, 4.69) is 10.2 Å². The van der Waals surface area contributed by atoms with Gasteiger partial charge in [0.1, 0.15) is 11.6 Å². The molecule has 4 aromatic rings. The van der Waals surface area contributed by atoms with Gasteiger partial charge in [-0.25, -0.2) is 9.07 Å². The van der Waals surface area contributed by atoms with Crippen molar-refractivity contribution in [2.75, 3.05) is 7.05 Å². The van der Waals surface area contributed by atoms with Crippen LogP contribution in [-0.2, 0) is 13.1 Å². The molecule has 0 bridgehead atoms. The number of benzene rings is 1. The second-order valence-electron chi connectivity index (χ2n) is 6.40. The molecule has 0 aliphatic heterocycles. The Morgan fingerprint density at radius 2 is 2.00 bits per heavy atom. The van der Waals surface area contributed by atoms with Crippen molar-refractivity contribution >= 4 is 5.91 Å². The van der Waals surface area contributed by atoms with E-state index in [0.29, 0.717) is 18.8 Å². The van der Waals surface area contributed by atoms with Crippen molar-refractivity contribution in [2.24, 2.45) is 0 Å². The van der Waals surface area contributed by atoms with Crippen LogP contribution >= 0.6 is 0 Å². The molecule has 1 aromatic carbocycles. The van der Waals surface area contributed by atoms with Gasteiger partial charge in [0.05, 0.1) is 18.4 Å². The van der Waals surface area contributed by atoms with Crippen molar-refractivity contribution in [3.05, 3.63) is 90.2 Å². The van der Waals surface area contributed by atoms with Gasteiger partial charge >= 0.3 is 0 Å². The van der Waals surface area contributed by atoms with Crippen LogP contribution in [0.5, 0.6) is 0 Å². The summed E-state index contributed by atoms with van der Waals surface area (Å²) in [7, 11) is 1.70. The fourth-order valence-electron chi connectivity index (χ4n) is 2.84. The molecule has 8 heteroatoms. The van der Waals surface area contributed by atoms with Gasteiger partial charge in [0, 0.05) is 37.7 Å². The quantitative estimate of drug-likeness (QED) is 0.516. The average Bonchev–Trinajstić information content (AvgIpc) is 3.44. The van der Waals surface area contributed by atoms with Gasteiger partial charge in [0.2, 0.25) is 0 Å². The third kappa shape index (κ3) is 3.85.